The first-order valence-corrected chi connectivity index (χ1v) is 5.55. The molecule has 0 aliphatic heterocycles. The van der Waals surface area contributed by atoms with Gasteiger partial charge in [0.1, 0.15) is 11.4 Å². The van der Waals surface area contributed by atoms with Gasteiger partial charge in [-0.1, -0.05) is 0 Å². The third-order valence-corrected chi connectivity index (χ3v) is 2.49. The number of halogens is 4. The normalized spacial score (nSPS) is 10.5. The van der Waals surface area contributed by atoms with Crippen molar-refractivity contribution in [3.8, 4) is 0 Å². The van der Waals surface area contributed by atoms with Crippen LogP contribution in [-0.4, -0.2) is 18.1 Å². The van der Waals surface area contributed by atoms with Crippen LogP contribution in [0.1, 0.15) is 16.3 Å². The molecule has 0 atom stereocenters. The maximum atomic E-state index is 13.3. The van der Waals surface area contributed by atoms with E-state index in [0.717, 1.165) is 7.11 Å². The standard InChI is InChI=1S/C12H8F4N2O3/c1-20-12(19)6-3-2-5(21-6)4-17-9-7(13)10(15)18-11(16)8(9)14/h2-3H,4H2,1H3,(H,17,18). The number of aromatic nitrogens is 1. The summed E-state index contributed by atoms with van der Waals surface area (Å²) in [6.07, 6.45) is 0. The number of rotatable bonds is 4. The molecule has 2 rings (SSSR count). The van der Waals surface area contributed by atoms with Crippen molar-refractivity contribution in [2.75, 3.05) is 12.4 Å². The Balaban J connectivity index is 2.17. The van der Waals surface area contributed by atoms with Crippen molar-refractivity contribution < 1.29 is 31.5 Å². The van der Waals surface area contributed by atoms with E-state index in [4.69, 9.17) is 4.42 Å². The number of esters is 1. The van der Waals surface area contributed by atoms with Crippen molar-refractivity contribution >= 4 is 11.7 Å². The number of hydrogen-bond acceptors (Lipinski definition) is 5. The first kappa shape index (κ1) is 14.8. The van der Waals surface area contributed by atoms with Crippen LogP contribution in [0.3, 0.4) is 0 Å². The molecule has 0 amide bonds. The molecular weight excluding hydrogens is 296 g/mol. The van der Waals surface area contributed by atoms with Crippen molar-refractivity contribution in [2.24, 2.45) is 0 Å². The topological polar surface area (TPSA) is 64.4 Å². The number of nitrogens with zero attached hydrogens (tertiary/aromatic N) is 1. The molecule has 0 spiro atoms. The average molecular weight is 304 g/mol. The third-order valence-electron chi connectivity index (χ3n) is 2.49. The fourth-order valence-electron chi connectivity index (χ4n) is 1.50. The monoisotopic (exact) mass is 304 g/mol. The van der Waals surface area contributed by atoms with E-state index in [9.17, 15) is 22.4 Å². The van der Waals surface area contributed by atoms with Crippen molar-refractivity contribution in [2.45, 2.75) is 6.54 Å². The molecule has 21 heavy (non-hydrogen) atoms. The van der Waals surface area contributed by atoms with Crippen molar-refractivity contribution in [3.63, 3.8) is 0 Å². The van der Waals surface area contributed by atoms with Crippen LogP contribution in [0.5, 0.6) is 0 Å². The summed E-state index contributed by atoms with van der Waals surface area (Å²) in [4.78, 5) is 13.6. The lowest BCUT2D eigenvalue weighted by atomic mass is 10.3. The number of hydrogen-bond donors (Lipinski definition) is 1. The van der Waals surface area contributed by atoms with Gasteiger partial charge in [0, 0.05) is 0 Å². The van der Waals surface area contributed by atoms with E-state index in [1.165, 1.54) is 12.1 Å². The Morgan fingerprint density at radius 1 is 1.24 bits per heavy atom. The largest absolute Gasteiger partial charge is 0.463 e. The Labute approximate surface area is 115 Å². The van der Waals surface area contributed by atoms with E-state index in [1.54, 1.807) is 0 Å². The highest BCUT2D eigenvalue weighted by atomic mass is 19.2. The van der Waals surface area contributed by atoms with Gasteiger partial charge in [-0.2, -0.15) is 22.5 Å². The zero-order chi connectivity index (χ0) is 15.6. The van der Waals surface area contributed by atoms with Crippen molar-refractivity contribution in [3.05, 3.63) is 47.2 Å². The molecule has 0 saturated carbocycles. The molecule has 1 N–H and O–H groups in total. The SMILES string of the molecule is COC(=O)c1ccc(CNc2c(F)c(F)nc(F)c2F)o1. The molecule has 5 nitrogen and oxygen atoms in total. The lowest BCUT2D eigenvalue weighted by molar-refractivity contribution is 0.0563. The number of methoxy groups -OCH3 is 1. The fraction of sp³-hybridized carbons (Fsp3) is 0.167. The second-order valence-electron chi connectivity index (χ2n) is 3.81. The van der Waals surface area contributed by atoms with Crippen LogP contribution >= 0.6 is 0 Å². The van der Waals surface area contributed by atoms with Crippen LogP contribution in [0.2, 0.25) is 0 Å². The van der Waals surface area contributed by atoms with E-state index in [2.05, 4.69) is 15.0 Å². The number of anilines is 1. The summed E-state index contributed by atoms with van der Waals surface area (Å²) >= 11 is 0. The molecule has 0 aromatic carbocycles. The van der Waals surface area contributed by atoms with E-state index < -0.39 is 35.2 Å². The quantitative estimate of drug-likeness (QED) is 0.534. The maximum absolute atomic E-state index is 13.3. The van der Waals surface area contributed by atoms with Gasteiger partial charge < -0.3 is 14.5 Å². The van der Waals surface area contributed by atoms with Crippen LogP contribution < -0.4 is 5.32 Å². The minimum atomic E-state index is -1.77. The Morgan fingerprint density at radius 2 is 1.86 bits per heavy atom. The highest BCUT2D eigenvalue weighted by Crippen LogP contribution is 2.23. The predicted octanol–water partition coefficient (Wildman–Crippen LogP) is 2.63. The molecular formula is C12H8F4N2O3. The molecule has 0 unspecified atom stereocenters. The van der Waals surface area contributed by atoms with Crippen molar-refractivity contribution in [1.82, 2.24) is 4.98 Å². The van der Waals surface area contributed by atoms with E-state index in [0.29, 0.717) is 0 Å². The van der Waals surface area contributed by atoms with Gasteiger partial charge in [0.05, 0.1) is 13.7 Å². The second kappa shape index (κ2) is 5.81. The van der Waals surface area contributed by atoms with Crippen molar-refractivity contribution in [1.29, 1.82) is 0 Å². The van der Waals surface area contributed by atoms with E-state index in [-0.39, 0.29) is 18.1 Å². The summed E-state index contributed by atoms with van der Waals surface area (Å²) in [5, 5.41) is 2.13. The average Bonchev–Trinajstić information content (AvgIpc) is 2.93. The number of carbonyl (C=O) groups excluding carboxylic acids is 1. The minimum Gasteiger partial charge on any atom is -0.463 e. The minimum absolute atomic E-state index is 0.104. The van der Waals surface area contributed by atoms with Crippen LogP contribution in [0.15, 0.2) is 16.5 Å². The van der Waals surface area contributed by atoms with E-state index in [1.807, 2.05) is 0 Å². The molecule has 2 heterocycles. The van der Waals surface area contributed by atoms with Crippen LogP contribution in [0, 0.1) is 23.5 Å². The molecule has 0 aliphatic carbocycles. The predicted molar refractivity (Wildman–Crippen MR) is 61.4 cm³/mol. The van der Waals surface area contributed by atoms with Gasteiger partial charge in [0.2, 0.25) is 17.4 Å². The summed E-state index contributed by atoms with van der Waals surface area (Å²) in [6, 6.07) is 2.62. The van der Waals surface area contributed by atoms with Crippen LogP contribution in [0.25, 0.3) is 0 Å². The van der Waals surface area contributed by atoms with Gasteiger partial charge in [0.15, 0.2) is 0 Å². The zero-order valence-corrected chi connectivity index (χ0v) is 10.5. The van der Waals surface area contributed by atoms with Crippen LogP contribution in [-0.2, 0) is 11.3 Å². The summed E-state index contributed by atoms with van der Waals surface area (Å²) in [6.45, 7) is -0.312. The highest BCUT2D eigenvalue weighted by molar-refractivity contribution is 5.86. The molecule has 0 fully saturated rings. The summed E-state index contributed by atoms with van der Waals surface area (Å²) in [5.74, 6) is -7.62. The zero-order valence-electron chi connectivity index (χ0n) is 10.5. The highest BCUT2D eigenvalue weighted by Gasteiger charge is 2.21. The Bertz CT molecular complexity index is 661. The number of furan rings is 1. The second-order valence-corrected chi connectivity index (χ2v) is 3.81. The van der Waals surface area contributed by atoms with Crippen LogP contribution in [0.4, 0.5) is 23.2 Å². The number of ether oxygens (including phenoxy) is 1. The first-order chi connectivity index (χ1) is 9.93. The van der Waals surface area contributed by atoms with Gasteiger partial charge in [0.25, 0.3) is 11.9 Å². The summed E-state index contributed by atoms with van der Waals surface area (Å²) in [7, 11) is 1.15. The summed E-state index contributed by atoms with van der Waals surface area (Å²) < 4.78 is 61.8. The van der Waals surface area contributed by atoms with Gasteiger partial charge in [-0.25, -0.2) is 4.79 Å². The Morgan fingerprint density at radius 3 is 2.43 bits per heavy atom. The Hall–Kier alpha value is -2.58. The van der Waals surface area contributed by atoms with Gasteiger partial charge >= 0.3 is 5.97 Å². The van der Waals surface area contributed by atoms with Gasteiger partial charge in [-0.3, -0.25) is 0 Å². The molecule has 2 aromatic heterocycles. The summed E-state index contributed by atoms with van der Waals surface area (Å²) in [5.41, 5.74) is -1.02. The number of pyridine rings is 1. The lowest BCUT2D eigenvalue weighted by Crippen LogP contribution is -2.09. The molecule has 9 heteroatoms. The molecule has 2 aromatic rings. The van der Waals surface area contributed by atoms with E-state index >= 15 is 0 Å². The van der Waals surface area contributed by atoms with Gasteiger partial charge in [-0.15, -0.1) is 0 Å². The lowest BCUT2D eigenvalue weighted by Gasteiger charge is -2.07. The molecule has 0 saturated heterocycles. The first-order valence-electron chi connectivity index (χ1n) is 5.55. The molecule has 0 aliphatic rings. The Kier molecular flexibility index (Phi) is 4.10. The fourth-order valence-corrected chi connectivity index (χ4v) is 1.50. The molecule has 112 valence electrons. The number of nitrogens with one attached hydrogen (secondary N) is 1. The molecule has 0 bridgehead atoms. The maximum Gasteiger partial charge on any atom is 0.373 e. The molecule has 0 radical (unpaired) electrons. The third kappa shape index (κ3) is 2.96. The number of carbonyl (C=O) groups is 1. The van der Waals surface area contributed by atoms with Gasteiger partial charge in [-0.05, 0) is 12.1 Å². The smallest absolute Gasteiger partial charge is 0.373 e.